The van der Waals surface area contributed by atoms with Gasteiger partial charge in [-0.3, -0.25) is 4.79 Å². The average molecular weight is 154 g/mol. The van der Waals surface area contributed by atoms with Crippen LogP contribution in [0.15, 0.2) is 12.7 Å². The smallest absolute Gasteiger partial charge is 0.243 e. The van der Waals surface area contributed by atoms with Crippen molar-refractivity contribution in [3.05, 3.63) is 12.7 Å². The molecule has 3 heteroatoms. The molecule has 0 heterocycles. The Labute approximate surface area is 66.6 Å². The Morgan fingerprint density at radius 1 is 1.64 bits per heavy atom. The van der Waals surface area contributed by atoms with E-state index in [4.69, 9.17) is 5.73 Å². The third-order valence-electron chi connectivity index (χ3n) is 2.08. The number of carbonyl (C=O) groups is 1. The molecule has 1 rings (SSSR count). The van der Waals surface area contributed by atoms with E-state index in [9.17, 15) is 4.79 Å². The van der Waals surface area contributed by atoms with Gasteiger partial charge in [-0.15, -0.1) is 0 Å². The van der Waals surface area contributed by atoms with E-state index in [-0.39, 0.29) is 18.0 Å². The fourth-order valence-corrected chi connectivity index (χ4v) is 1.41. The molecule has 0 spiro atoms. The summed E-state index contributed by atoms with van der Waals surface area (Å²) in [6.07, 6.45) is 4.41. The van der Waals surface area contributed by atoms with E-state index in [1.54, 1.807) is 0 Å². The molecule has 0 aromatic heterocycles. The number of rotatable bonds is 2. The summed E-state index contributed by atoms with van der Waals surface area (Å²) in [6.45, 7) is 3.37. The minimum absolute atomic E-state index is 0.118. The van der Waals surface area contributed by atoms with Crippen LogP contribution < -0.4 is 11.1 Å². The molecule has 0 bridgehead atoms. The van der Waals surface area contributed by atoms with E-state index < -0.39 is 0 Å². The van der Waals surface area contributed by atoms with Crippen LogP contribution in [0, 0.1) is 0 Å². The Morgan fingerprint density at radius 3 is 2.82 bits per heavy atom. The third-order valence-corrected chi connectivity index (χ3v) is 2.08. The van der Waals surface area contributed by atoms with Crippen molar-refractivity contribution in [3.8, 4) is 0 Å². The number of nitrogens with one attached hydrogen (secondary N) is 1. The SMILES string of the molecule is C=CC(=O)N[C@H]1CCC[C@H]1N. The zero-order valence-corrected chi connectivity index (χ0v) is 6.55. The zero-order valence-electron chi connectivity index (χ0n) is 6.55. The quantitative estimate of drug-likeness (QED) is 0.557. The van der Waals surface area contributed by atoms with Crippen molar-refractivity contribution in [2.45, 2.75) is 31.3 Å². The van der Waals surface area contributed by atoms with Crippen LogP contribution in [-0.4, -0.2) is 18.0 Å². The van der Waals surface area contributed by atoms with E-state index in [2.05, 4.69) is 11.9 Å². The van der Waals surface area contributed by atoms with Gasteiger partial charge in [-0.1, -0.05) is 6.58 Å². The molecule has 3 N–H and O–H groups in total. The normalized spacial score (nSPS) is 29.9. The Bertz CT molecular complexity index is 167. The van der Waals surface area contributed by atoms with Gasteiger partial charge in [0.05, 0.1) is 0 Å². The van der Waals surface area contributed by atoms with E-state index in [1.807, 2.05) is 0 Å². The Hall–Kier alpha value is -0.830. The molecule has 0 unspecified atom stereocenters. The monoisotopic (exact) mass is 154 g/mol. The molecule has 1 aliphatic carbocycles. The second-order valence-electron chi connectivity index (χ2n) is 2.91. The lowest BCUT2D eigenvalue weighted by Crippen LogP contribution is -2.43. The summed E-state index contributed by atoms with van der Waals surface area (Å²) in [6, 6.07) is 0.305. The molecule has 1 amide bonds. The summed E-state index contributed by atoms with van der Waals surface area (Å²) < 4.78 is 0. The van der Waals surface area contributed by atoms with Crippen molar-refractivity contribution in [1.82, 2.24) is 5.32 Å². The van der Waals surface area contributed by atoms with Crippen LogP contribution in [0.3, 0.4) is 0 Å². The van der Waals surface area contributed by atoms with Crippen LogP contribution >= 0.6 is 0 Å². The highest BCUT2D eigenvalue weighted by atomic mass is 16.1. The summed E-state index contributed by atoms with van der Waals surface area (Å²) in [7, 11) is 0. The molecule has 1 aliphatic rings. The number of amides is 1. The van der Waals surface area contributed by atoms with Crippen molar-refractivity contribution < 1.29 is 4.79 Å². The number of hydrogen-bond donors (Lipinski definition) is 2. The summed E-state index contributed by atoms with van der Waals surface area (Å²) in [5.74, 6) is -0.118. The van der Waals surface area contributed by atoms with Gasteiger partial charge in [0.2, 0.25) is 5.91 Å². The zero-order chi connectivity index (χ0) is 8.27. The first kappa shape index (κ1) is 8.27. The van der Waals surface area contributed by atoms with Gasteiger partial charge < -0.3 is 11.1 Å². The van der Waals surface area contributed by atoms with Gasteiger partial charge in [0.15, 0.2) is 0 Å². The lowest BCUT2D eigenvalue weighted by atomic mass is 10.2. The maximum Gasteiger partial charge on any atom is 0.243 e. The van der Waals surface area contributed by atoms with Crippen LogP contribution in [0.5, 0.6) is 0 Å². The van der Waals surface area contributed by atoms with Gasteiger partial charge >= 0.3 is 0 Å². The first-order chi connectivity index (χ1) is 5.24. The van der Waals surface area contributed by atoms with Gasteiger partial charge in [0.1, 0.15) is 0 Å². The van der Waals surface area contributed by atoms with Crippen LogP contribution in [0.2, 0.25) is 0 Å². The second-order valence-corrected chi connectivity index (χ2v) is 2.91. The van der Waals surface area contributed by atoms with E-state index >= 15 is 0 Å². The Morgan fingerprint density at radius 2 is 2.36 bits per heavy atom. The van der Waals surface area contributed by atoms with Gasteiger partial charge in [0.25, 0.3) is 0 Å². The number of hydrogen-bond acceptors (Lipinski definition) is 2. The topological polar surface area (TPSA) is 55.1 Å². The molecule has 2 atom stereocenters. The summed E-state index contributed by atoms with van der Waals surface area (Å²) in [5.41, 5.74) is 5.73. The number of carbonyl (C=O) groups excluding carboxylic acids is 1. The van der Waals surface area contributed by atoms with Crippen LogP contribution in [-0.2, 0) is 4.79 Å². The van der Waals surface area contributed by atoms with Gasteiger partial charge in [-0.2, -0.15) is 0 Å². The van der Waals surface area contributed by atoms with Crippen molar-refractivity contribution >= 4 is 5.91 Å². The van der Waals surface area contributed by atoms with Crippen molar-refractivity contribution in [1.29, 1.82) is 0 Å². The van der Waals surface area contributed by atoms with Crippen LogP contribution in [0.1, 0.15) is 19.3 Å². The molecule has 3 nitrogen and oxygen atoms in total. The molecule has 11 heavy (non-hydrogen) atoms. The van der Waals surface area contributed by atoms with E-state index in [1.165, 1.54) is 6.08 Å². The molecule has 0 radical (unpaired) electrons. The fourth-order valence-electron chi connectivity index (χ4n) is 1.41. The lowest BCUT2D eigenvalue weighted by Gasteiger charge is -2.15. The largest absolute Gasteiger partial charge is 0.348 e. The highest BCUT2D eigenvalue weighted by Gasteiger charge is 2.24. The first-order valence-corrected chi connectivity index (χ1v) is 3.92. The average Bonchev–Trinajstić information content (AvgIpc) is 2.37. The van der Waals surface area contributed by atoms with Crippen molar-refractivity contribution in [2.24, 2.45) is 5.73 Å². The minimum atomic E-state index is -0.118. The highest BCUT2D eigenvalue weighted by Crippen LogP contribution is 2.16. The molecule has 62 valence electrons. The Kier molecular flexibility index (Phi) is 2.65. The molecule has 0 aliphatic heterocycles. The molecule has 1 fully saturated rings. The highest BCUT2D eigenvalue weighted by molar-refractivity contribution is 5.87. The fraction of sp³-hybridized carbons (Fsp3) is 0.625. The standard InChI is InChI=1S/C8H14N2O/c1-2-8(11)10-7-5-3-4-6(7)9/h2,6-7H,1,3-5,9H2,(H,10,11)/t6-,7+/m1/s1. The minimum Gasteiger partial charge on any atom is -0.348 e. The predicted octanol–water partition coefficient (Wildman–Crippen LogP) is 0.168. The van der Waals surface area contributed by atoms with Gasteiger partial charge in [-0.25, -0.2) is 0 Å². The molecular weight excluding hydrogens is 140 g/mol. The van der Waals surface area contributed by atoms with E-state index in [0.29, 0.717) is 0 Å². The molecule has 0 aromatic carbocycles. The van der Waals surface area contributed by atoms with E-state index in [0.717, 1.165) is 19.3 Å². The molecule has 0 aromatic rings. The number of nitrogens with two attached hydrogens (primary N) is 1. The van der Waals surface area contributed by atoms with Crippen LogP contribution in [0.25, 0.3) is 0 Å². The second kappa shape index (κ2) is 3.53. The molecule has 1 saturated carbocycles. The lowest BCUT2D eigenvalue weighted by molar-refractivity contribution is -0.117. The molecular formula is C8H14N2O. The summed E-state index contributed by atoms with van der Waals surface area (Å²) >= 11 is 0. The predicted molar refractivity (Wildman–Crippen MR) is 44.0 cm³/mol. The third kappa shape index (κ3) is 2.05. The van der Waals surface area contributed by atoms with Gasteiger partial charge in [0, 0.05) is 12.1 Å². The maximum absolute atomic E-state index is 10.8. The van der Waals surface area contributed by atoms with Crippen molar-refractivity contribution in [2.75, 3.05) is 0 Å². The first-order valence-electron chi connectivity index (χ1n) is 3.92. The maximum atomic E-state index is 10.8. The summed E-state index contributed by atoms with van der Waals surface area (Å²) in [4.78, 5) is 10.8. The van der Waals surface area contributed by atoms with Gasteiger partial charge in [-0.05, 0) is 25.3 Å². The van der Waals surface area contributed by atoms with Crippen LogP contribution in [0.4, 0.5) is 0 Å². The Balaban J connectivity index is 2.36. The molecule has 0 saturated heterocycles. The summed E-state index contributed by atoms with van der Waals surface area (Å²) in [5, 5.41) is 2.80. The van der Waals surface area contributed by atoms with Crippen molar-refractivity contribution in [3.63, 3.8) is 0 Å².